The normalized spacial score (nSPS) is 11.4. The van der Waals surface area contributed by atoms with Crippen LogP contribution in [0, 0.1) is 11.3 Å². The first-order valence-corrected chi connectivity index (χ1v) is 9.20. The van der Waals surface area contributed by atoms with Gasteiger partial charge in [0.25, 0.3) is 5.91 Å². The fourth-order valence-electron chi connectivity index (χ4n) is 2.39. The quantitative estimate of drug-likeness (QED) is 0.318. The van der Waals surface area contributed by atoms with E-state index in [9.17, 15) is 23.2 Å². The topological polar surface area (TPSA) is 71.3 Å². The van der Waals surface area contributed by atoms with Gasteiger partial charge in [-0.3, -0.25) is 4.79 Å². The van der Waals surface area contributed by atoms with Crippen LogP contribution in [-0.2, 0) is 11.0 Å². The van der Waals surface area contributed by atoms with Crippen LogP contribution < -0.4 is 14.8 Å². The highest BCUT2D eigenvalue weighted by atomic mass is 79.9. The number of benzene rings is 2. The molecule has 0 fully saturated rings. The van der Waals surface area contributed by atoms with Gasteiger partial charge in [-0.05, 0) is 57.9 Å². The molecule has 0 aliphatic carbocycles. The van der Waals surface area contributed by atoms with Crippen LogP contribution in [0.25, 0.3) is 6.08 Å². The number of nitriles is 1. The number of halogens is 4. The van der Waals surface area contributed by atoms with Crippen molar-refractivity contribution in [3.05, 3.63) is 70.2 Å². The minimum absolute atomic E-state index is 0.0806. The third-order valence-electron chi connectivity index (χ3n) is 3.72. The Morgan fingerprint density at radius 1 is 1.33 bits per heavy atom. The summed E-state index contributed by atoms with van der Waals surface area (Å²) in [6.45, 7) is 3.81. The number of nitrogens with one attached hydrogen (secondary N) is 1. The van der Waals surface area contributed by atoms with Crippen molar-refractivity contribution in [1.29, 1.82) is 5.26 Å². The number of methoxy groups -OCH3 is 1. The molecule has 9 heteroatoms. The molecule has 1 N–H and O–H groups in total. The number of ether oxygens (including phenoxy) is 2. The monoisotopic (exact) mass is 480 g/mol. The van der Waals surface area contributed by atoms with Crippen molar-refractivity contribution in [3.8, 4) is 17.6 Å². The molecular formula is C21H16BrF3N2O3. The van der Waals surface area contributed by atoms with E-state index in [-0.39, 0.29) is 17.9 Å². The lowest BCUT2D eigenvalue weighted by Gasteiger charge is -2.12. The number of hydrogen-bond acceptors (Lipinski definition) is 4. The first kappa shape index (κ1) is 23.0. The van der Waals surface area contributed by atoms with E-state index in [1.165, 1.54) is 19.3 Å². The zero-order valence-corrected chi connectivity index (χ0v) is 17.3. The van der Waals surface area contributed by atoms with Crippen LogP contribution in [0.5, 0.6) is 11.5 Å². The Morgan fingerprint density at radius 2 is 2.07 bits per heavy atom. The third kappa shape index (κ3) is 5.87. The van der Waals surface area contributed by atoms with Crippen LogP contribution in [-0.4, -0.2) is 19.6 Å². The summed E-state index contributed by atoms with van der Waals surface area (Å²) in [4.78, 5) is 12.4. The molecule has 0 aliphatic rings. The van der Waals surface area contributed by atoms with E-state index in [4.69, 9.17) is 9.47 Å². The van der Waals surface area contributed by atoms with E-state index in [2.05, 4.69) is 27.8 Å². The van der Waals surface area contributed by atoms with Gasteiger partial charge in [-0.15, -0.1) is 0 Å². The number of alkyl halides is 3. The van der Waals surface area contributed by atoms with E-state index in [1.807, 2.05) is 0 Å². The number of carbonyl (C=O) groups is 1. The molecule has 0 atom stereocenters. The molecule has 0 unspecified atom stereocenters. The Kier molecular flexibility index (Phi) is 7.66. The van der Waals surface area contributed by atoms with Gasteiger partial charge >= 0.3 is 6.18 Å². The van der Waals surface area contributed by atoms with E-state index < -0.39 is 17.6 Å². The maximum Gasteiger partial charge on any atom is 0.416 e. The molecule has 0 aromatic heterocycles. The van der Waals surface area contributed by atoms with Crippen molar-refractivity contribution in [2.45, 2.75) is 6.18 Å². The second-order valence-electron chi connectivity index (χ2n) is 5.84. The fourth-order valence-corrected chi connectivity index (χ4v) is 2.97. The molecule has 5 nitrogen and oxygen atoms in total. The molecule has 0 saturated heterocycles. The Labute approximate surface area is 179 Å². The molecule has 2 rings (SSSR count). The molecule has 0 saturated carbocycles. The van der Waals surface area contributed by atoms with Gasteiger partial charge in [-0.2, -0.15) is 18.4 Å². The van der Waals surface area contributed by atoms with Gasteiger partial charge in [0.05, 0.1) is 17.1 Å². The zero-order valence-electron chi connectivity index (χ0n) is 15.7. The van der Waals surface area contributed by atoms with E-state index >= 15 is 0 Å². The lowest BCUT2D eigenvalue weighted by atomic mass is 10.1. The number of rotatable bonds is 7. The molecule has 0 radical (unpaired) electrons. The fraction of sp³-hybridized carbons (Fsp3) is 0.143. The third-order valence-corrected chi connectivity index (χ3v) is 4.31. The standard InChI is InChI=1S/C21H16BrF3N2O3/c1-3-7-30-19-17(22)9-13(10-18(19)29-2)8-14(12-26)20(28)27-16-6-4-5-15(11-16)21(23,24)25/h3-6,8-11H,1,7H2,2H3,(H,27,28)/b14-8+. The molecule has 0 bridgehead atoms. The minimum Gasteiger partial charge on any atom is -0.493 e. The summed E-state index contributed by atoms with van der Waals surface area (Å²) in [6.07, 6.45) is -1.70. The SMILES string of the molecule is C=CCOc1c(Br)cc(/C=C(\C#N)C(=O)Nc2cccc(C(F)(F)F)c2)cc1OC. The van der Waals surface area contributed by atoms with Crippen LogP contribution in [0.1, 0.15) is 11.1 Å². The minimum atomic E-state index is -4.55. The Bertz CT molecular complexity index is 1030. The molecule has 0 aliphatic heterocycles. The summed E-state index contributed by atoms with van der Waals surface area (Å²) in [5, 5.41) is 11.6. The van der Waals surface area contributed by atoms with Crippen LogP contribution in [0.15, 0.2) is 59.1 Å². The number of nitrogens with zero attached hydrogens (tertiary/aromatic N) is 1. The highest BCUT2D eigenvalue weighted by Crippen LogP contribution is 2.37. The summed E-state index contributed by atoms with van der Waals surface area (Å²) in [5.74, 6) is -0.0755. The Hall–Kier alpha value is -3.25. The van der Waals surface area contributed by atoms with Crippen LogP contribution >= 0.6 is 15.9 Å². The molecule has 0 heterocycles. The largest absolute Gasteiger partial charge is 0.493 e. The van der Waals surface area contributed by atoms with Gasteiger partial charge in [-0.1, -0.05) is 18.7 Å². The summed E-state index contributed by atoms with van der Waals surface area (Å²) in [6, 6.07) is 9.05. The molecule has 0 spiro atoms. The average Bonchev–Trinajstić information content (AvgIpc) is 2.70. The summed E-state index contributed by atoms with van der Waals surface area (Å²) < 4.78 is 49.8. The number of amides is 1. The van der Waals surface area contributed by atoms with Crippen molar-refractivity contribution in [2.24, 2.45) is 0 Å². The van der Waals surface area contributed by atoms with E-state index in [1.54, 1.807) is 24.3 Å². The predicted molar refractivity (Wildman–Crippen MR) is 110 cm³/mol. The summed E-state index contributed by atoms with van der Waals surface area (Å²) in [7, 11) is 1.43. The Morgan fingerprint density at radius 3 is 2.67 bits per heavy atom. The molecule has 2 aromatic rings. The highest BCUT2D eigenvalue weighted by Gasteiger charge is 2.30. The maximum atomic E-state index is 12.8. The van der Waals surface area contributed by atoms with Gasteiger partial charge in [0.15, 0.2) is 11.5 Å². The van der Waals surface area contributed by atoms with Crippen molar-refractivity contribution < 1.29 is 27.4 Å². The number of anilines is 1. The smallest absolute Gasteiger partial charge is 0.416 e. The second-order valence-corrected chi connectivity index (χ2v) is 6.69. The highest BCUT2D eigenvalue weighted by molar-refractivity contribution is 9.10. The molecule has 30 heavy (non-hydrogen) atoms. The van der Waals surface area contributed by atoms with Gasteiger partial charge in [0.1, 0.15) is 18.2 Å². The van der Waals surface area contributed by atoms with Gasteiger partial charge in [0, 0.05) is 5.69 Å². The first-order valence-electron chi connectivity index (χ1n) is 8.41. The lowest BCUT2D eigenvalue weighted by molar-refractivity contribution is -0.137. The average molecular weight is 481 g/mol. The lowest BCUT2D eigenvalue weighted by Crippen LogP contribution is -2.14. The van der Waals surface area contributed by atoms with Crippen LogP contribution in [0.4, 0.5) is 18.9 Å². The molecule has 156 valence electrons. The molecular weight excluding hydrogens is 465 g/mol. The molecule has 2 aromatic carbocycles. The first-order chi connectivity index (χ1) is 14.2. The van der Waals surface area contributed by atoms with Crippen LogP contribution in [0.3, 0.4) is 0 Å². The van der Waals surface area contributed by atoms with Gasteiger partial charge in [0.2, 0.25) is 0 Å². The van der Waals surface area contributed by atoms with E-state index in [0.29, 0.717) is 21.5 Å². The van der Waals surface area contributed by atoms with Crippen molar-refractivity contribution in [2.75, 3.05) is 19.0 Å². The van der Waals surface area contributed by atoms with Crippen molar-refractivity contribution in [1.82, 2.24) is 0 Å². The second kappa shape index (κ2) is 9.98. The van der Waals surface area contributed by atoms with Crippen molar-refractivity contribution in [3.63, 3.8) is 0 Å². The van der Waals surface area contributed by atoms with Gasteiger partial charge < -0.3 is 14.8 Å². The predicted octanol–water partition coefficient (Wildman–Crippen LogP) is 5.59. The van der Waals surface area contributed by atoms with Gasteiger partial charge in [-0.25, -0.2) is 0 Å². The number of carbonyl (C=O) groups excluding carboxylic acids is 1. The number of hydrogen-bond donors (Lipinski definition) is 1. The summed E-state index contributed by atoms with van der Waals surface area (Å²) >= 11 is 3.34. The maximum absolute atomic E-state index is 12.8. The Balaban J connectivity index is 2.31. The summed E-state index contributed by atoms with van der Waals surface area (Å²) in [5.41, 5.74) is -0.851. The zero-order chi connectivity index (χ0) is 22.3. The van der Waals surface area contributed by atoms with Crippen LogP contribution in [0.2, 0.25) is 0 Å². The van der Waals surface area contributed by atoms with Crippen molar-refractivity contribution >= 4 is 33.6 Å². The molecule has 1 amide bonds. The van der Waals surface area contributed by atoms with E-state index in [0.717, 1.165) is 18.2 Å².